The van der Waals surface area contributed by atoms with Crippen LogP contribution in [0.5, 0.6) is 0 Å². The van der Waals surface area contributed by atoms with Crippen molar-refractivity contribution in [3.05, 3.63) is 48.0 Å². The molecule has 1 aliphatic heterocycles. The lowest BCUT2D eigenvalue weighted by Gasteiger charge is -2.23. The zero-order valence-corrected chi connectivity index (χ0v) is 14.9. The monoisotopic (exact) mass is 349 g/mol. The van der Waals surface area contributed by atoms with Gasteiger partial charge in [0.25, 0.3) is 0 Å². The molecule has 0 amide bonds. The summed E-state index contributed by atoms with van der Waals surface area (Å²) >= 11 is 0. The third-order valence-electron chi connectivity index (χ3n) is 4.24. The van der Waals surface area contributed by atoms with Crippen LogP contribution in [0.4, 0.5) is 0 Å². The molecule has 2 aromatic rings. The lowest BCUT2D eigenvalue weighted by Crippen LogP contribution is -2.35. The molecule has 6 nitrogen and oxygen atoms in total. The molecule has 0 saturated heterocycles. The van der Waals surface area contributed by atoms with Crippen molar-refractivity contribution < 1.29 is 13.2 Å². The number of hydrogen-bond donors (Lipinski definition) is 0. The molecule has 1 aliphatic rings. The van der Waals surface area contributed by atoms with E-state index >= 15 is 0 Å². The van der Waals surface area contributed by atoms with Gasteiger partial charge in [0.1, 0.15) is 0 Å². The van der Waals surface area contributed by atoms with Crippen LogP contribution in [0, 0.1) is 12.8 Å². The molecular weight excluding hydrogens is 326 g/mol. The van der Waals surface area contributed by atoms with Crippen LogP contribution in [0.1, 0.15) is 18.2 Å². The number of benzene rings is 1. The van der Waals surface area contributed by atoms with Gasteiger partial charge in [0.15, 0.2) is 0 Å². The summed E-state index contributed by atoms with van der Waals surface area (Å²) in [5.41, 5.74) is 1.84. The van der Waals surface area contributed by atoms with Crippen molar-refractivity contribution in [2.24, 2.45) is 5.92 Å². The van der Waals surface area contributed by atoms with Gasteiger partial charge in [0, 0.05) is 31.8 Å². The van der Waals surface area contributed by atoms with E-state index in [1.807, 2.05) is 24.5 Å². The van der Waals surface area contributed by atoms with Crippen molar-refractivity contribution in [2.75, 3.05) is 19.8 Å². The lowest BCUT2D eigenvalue weighted by atomic mass is 10.1. The van der Waals surface area contributed by atoms with Crippen molar-refractivity contribution in [3.63, 3.8) is 0 Å². The van der Waals surface area contributed by atoms with E-state index in [2.05, 4.69) is 4.98 Å². The van der Waals surface area contributed by atoms with Crippen LogP contribution < -0.4 is 0 Å². The van der Waals surface area contributed by atoms with Crippen LogP contribution in [0.2, 0.25) is 0 Å². The molecule has 1 aromatic carbocycles. The highest BCUT2D eigenvalue weighted by Gasteiger charge is 2.31. The molecule has 24 heavy (non-hydrogen) atoms. The highest BCUT2D eigenvalue weighted by atomic mass is 32.2. The Labute approximate surface area is 143 Å². The number of sulfonamides is 1. The number of imidazole rings is 1. The first-order valence-electron chi connectivity index (χ1n) is 8.14. The van der Waals surface area contributed by atoms with Gasteiger partial charge in [0.2, 0.25) is 10.0 Å². The van der Waals surface area contributed by atoms with Gasteiger partial charge >= 0.3 is 0 Å². The first kappa shape index (κ1) is 17.1. The maximum atomic E-state index is 13.1. The van der Waals surface area contributed by atoms with E-state index in [0.29, 0.717) is 31.2 Å². The first-order chi connectivity index (χ1) is 11.5. The second-order valence-electron chi connectivity index (χ2n) is 6.18. The normalized spacial score (nSPS) is 19.0. The van der Waals surface area contributed by atoms with Gasteiger partial charge in [-0.05, 0) is 31.5 Å². The van der Waals surface area contributed by atoms with E-state index in [4.69, 9.17) is 4.74 Å². The zero-order chi connectivity index (χ0) is 17.2. The third kappa shape index (κ3) is 3.53. The number of ether oxygens (including phenoxy) is 1. The summed E-state index contributed by atoms with van der Waals surface area (Å²) < 4.78 is 35.3. The minimum absolute atomic E-state index is 0.0972. The van der Waals surface area contributed by atoms with Crippen LogP contribution in [-0.2, 0) is 27.8 Å². The van der Waals surface area contributed by atoms with Crippen LogP contribution in [0.3, 0.4) is 0 Å². The zero-order valence-electron chi connectivity index (χ0n) is 14.1. The fourth-order valence-corrected chi connectivity index (χ4v) is 4.60. The molecule has 0 saturated carbocycles. The van der Waals surface area contributed by atoms with Gasteiger partial charge in [-0.2, -0.15) is 4.31 Å². The summed E-state index contributed by atoms with van der Waals surface area (Å²) in [4.78, 5) is 4.50. The van der Waals surface area contributed by atoms with Crippen LogP contribution in [0.15, 0.2) is 41.7 Å². The van der Waals surface area contributed by atoms with Gasteiger partial charge in [-0.15, -0.1) is 0 Å². The van der Waals surface area contributed by atoms with E-state index in [1.54, 1.807) is 35.0 Å². The molecule has 7 heteroatoms. The molecule has 130 valence electrons. The van der Waals surface area contributed by atoms with Gasteiger partial charge < -0.3 is 9.30 Å². The van der Waals surface area contributed by atoms with E-state index in [1.165, 1.54) is 0 Å². The molecular formula is C17H23N3O3S. The Bertz CT molecular complexity index is 801. The molecule has 0 unspecified atom stereocenters. The van der Waals surface area contributed by atoms with Crippen molar-refractivity contribution in [2.45, 2.75) is 31.8 Å². The second-order valence-corrected chi connectivity index (χ2v) is 8.11. The molecule has 1 aromatic heterocycles. The number of aryl methyl sites for hydroxylation is 1. The van der Waals surface area contributed by atoms with Gasteiger partial charge in [-0.25, -0.2) is 13.4 Å². The van der Waals surface area contributed by atoms with Crippen LogP contribution >= 0.6 is 0 Å². The van der Waals surface area contributed by atoms with E-state index < -0.39 is 10.0 Å². The lowest BCUT2D eigenvalue weighted by molar-refractivity contribution is 0.0978. The summed E-state index contributed by atoms with van der Waals surface area (Å²) in [7, 11) is -3.55. The summed E-state index contributed by atoms with van der Waals surface area (Å²) in [5.74, 6) is 0.0972. The smallest absolute Gasteiger partial charge is 0.243 e. The maximum Gasteiger partial charge on any atom is 0.243 e. The quantitative estimate of drug-likeness (QED) is 0.829. The topological polar surface area (TPSA) is 64.4 Å². The Balaban J connectivity index is 1.93. The molecule has 1 atom stereocenters. The van der Waals surface area contributed by atoms with Crippen LogP contribution in [0.25, 0.3) is 0 Å². The first-order valence-corrected chi connectivity index (χ1v) is 9.58. The Morgan fingerprint density at radius 2 is 2.17 bits per heavy atom. The highest BCUT2D eigenvalue weighted by molar-refractivity contribution is 7.89. The summed E-state index contributed by atoms with van der Waals surface area (Å²) in [5, 5.41) is 0. The molecule has 0 N–H and O–H groups in total. The Hall–Kier alpha value is -1.70. The molecule has 0 aliphatic carbocycles. The molecule has 0 spiro atoms. The van der Waals surface area contributed by atoms with Gasteiger partial charge in [-0.3, -0.25) is 0 Å². The highest BCUT2D eigenvalue weighted by Crippen LogP contribution is 2.24. The largest absolute Gasteiger partial charge is 0.381 e. The van der Waals surface area contributed by atoms with Crippen LogP contribution in [-0.4, -0.2) is 42.0 Å². The fourth-order valence-electron chi connectivity index (χ4n) is 3.01. The van der Waals surface area contributed by atoms with Crippen molar-refractivity contribution in [1.29, 1.82) is 0 Å². The van der Waals surface area contributed by atoms with E-state index in [9.17, 15) is 8.42 Å². The van der Waals surface area contributed by atoms with E-state index in [0.717, 1.165) is 17.8 Å². The summed E-state index contributed by atoms with van der Waals surface area (Å²) in [6.07, 6.45) is 3.50. The SMILES string of the molecule is CCOC[C@@H]1CN(S(=O)(=O)c2cccc(C)c2)Cc2cncn2C1. The standard InChI is InChI=1S/C17H23N3O3S/c1-3-23-12-15-9-19-13-18-8-16(19)11-20(10-15)24(21,22)17-6-4-5-14(2)7-17/h4-8,13,15H,3,9-12H2,1-2H3/t15-/m0/s1. The number of aromatic nitrogens is 2. The Kier molecular flexibility index (Phi) is 5.03. The summed E-state index contributed by atoms with van der Waals surface area (Å²) in [6.45, 7) is 6.49. The molecule has 0 radical (unpaired) electrons. The van der Waals surface area contributed by atoms with E-state index in [-0.39, 0.29) is 5.92 Å². The van der Waals surface area contributed by atoms with Gasteiger partial charge in [0.05, 0.1) is 30.1 Å². The minimum Gasteiger partial charge on any atom is -0.381 e. The molecule has 0 fully saturated rings. The van der Waals surface area contributed by atoms with Gasteiger partial charge in [-0.1, -0.05) is 12.1 Å². The van der Waals surface area contributed by atoms with Crippen molar-refractivity contribution in [1.82, 2.24) is 13.9 Å². The minimum atomic E-state index is -3.55. The second kappa shape index (κ2) is 7.04. The third-order valence-corrected chi connectivity index (χ3v) is 6.05. The molecule has 2 heterocycles. The Morgan fingerprint density at radius 3 is 2.92 bits per heavy atom. The number of hydrogen-bond acceptors (Lipinski definition) is 4. The predicted molar refractivity (Wildman–Crippen MR) is 91.0 cm³/mol. The maximum absolute atomic E-state index is 13.1. The average molecular weight is 349 g/mol. The molecule has 0 bridgehead atoms. The number of rotatable bonds is 5. The predicted octanol–water partition coefficient (Wildman–Crippen LogP) is 2.05. The number of fused-ring (bicyclic) bond motifs is 1. The average Bonchev–Trinajstić information content (AvgIpc) is 2.90. The molecule has 3 rings (SSSR count). The Morgan fingerprint density at radius 1 is 1.33 bits per heavy atom. The fraction of sp³-hybridized carbons (Fsp3) is 0.471. The van der Waals surface area contributed by atoms with Crippen molar-refractivity contribution >= 4 is 10.0 Å². The summed E-state index contributed by atoms with van der Waals surface area (Å²) in [6, 6.07) is 7.05. The van der Waals surface area contributed by atoms with Crippen molar-refractivity contribution in [3.8, 4) is 0 Å². The number of nitrogens with zero attached hydrogens (tertiary/aromatic N) is 3.